The number of halogens is 1. The molecular weight excluding hydrogens is 517 g/mol. The molecule has 2 N–H and O–H groups in total. The summed E-state index contributed by atoms with van der Waals surface area (Å²) in [6.45, 7) is 7.36. The van der Waals surface area contributed by atoms with E-state index in [2.05, 4.69) is 18.7 Å². The first kappa shape index (κ1) is 27.6. The molecule has 0 aromatic heterocycles. The molecule has 0 bridgehead atoms. The number of hydrogen-bond donors (Lipinski definition) is 2. The molecule has 3 aliphatic rings. The van der Waals surface area contributed by atoms with Crippen LogP contribution in [-0.4, -0.2) is 46.5 Å². The zero-order valence-corrected chi connectivity index (χ0v) is 24.0. The lowest BCUT2D eigenvalue weighted by atomic mass is 9.72. The van der Waals surface area contributed by atoms with E-state index in [1.165, 1.54) is 6.42 Å². The monoisotopic (exact) mass is 557 g/mol. The van der Waals surface area contributed by atoms with Crippen LogP contribution in [-0.2, 0) is 0 Å². The van der Waals surface area contributed by atoms with Crippen LogP contribution in [0.15, 0.2) is 66.7 Å². The lowest BCUT2D eigenvalue weighted by molar-refractivity contribution is 0.168. The summed E-state index contributed by atoms with van der Waals surface area (Å²) >= 11 is 0. The highest BCUT2D eigenvalue weighted by atomic mass is 19.1. The van der Waals surface area contributed by atoms with Gasteiger partial charge in [0.25, 0.3) is 0 Å². The van der Waals surface area contributed by atoms with Gasteiger partial charge in [-0.3, -0.25) is 4.90 Å². The summed E-state index contributed by atoms with van der Waals surface area (Å²) in [5.41, 5.74) is 1.82. The van der Waals surface area contributed by atoms with Gasteiger partial charge in [-0.1, -0.05) is 37.6 Å². The predicted molar refractivity (Wildman–Crippen MR) is 160 cm³/mol. The van der Waals surface area contributed by atoms with Gasteiger partial charge in [-0.05, 0) is 105 Å². The van der Waals surface area contributed by atoms with Crippen molar-refractivity contribution in [2.24, 2.45) is 5.92 Å². The minimum Gasteiger partial charge on any atom is -0.508 e. The lowest BCUT2D eigenvalue weighted by Crippen LogP contribution is -2.35. The Morgan fingerprint density at radius 3 is 2.46 bits per heavy atom. The van der Waals surface area contributed by atoms with Gasteiger partial charge in [0.2, 0.25) is 0 Å². The van der Waals surface area contributed by atoms with E-state index in [-0.39, 0.29) is 11.5 Å². The Balaban J connectivity index is 1.38. The molecule has 216 valence electrons. The van der Waals surface area contributed by atoms with Crippen LogP contribution in [0.4, 0.5) is 4.39 Å². The summed E-state index contributed by atoms with van der Waals surface area (Å²) in [5.74, 6) is 2.24. The van der Waals surface area contributed by atoms with Crippen molar-refractivity contribution in [1.82, 2.24) is 4.90 Å². The van der Waals surface area contributed by atoms with Crippen molar-refractivity contribution in [3.8, 4) is 23.0 Å². The fourth-order valence-corrected chi connectivity index (χ4v) is 6.76. The van der Waals surface area contributed by atoms with Gasteiger partial charge in [0.05, 0.1) is 0 Å². The Kier molecular flexibility index (Phi) is 7.69. The normalized spacial score (nSPS) is 23.1. The average Bonchev–Trinajstić information content (AvgIpc) is 3.42. The summed E-state index contributed by atoms with van der Waals surface area (Å²) in [5, 5.41) is 20.8. The van der Waals surface area contributed by atoms with Crippen molar-refractivity contribution in [1.29, 1.82) is 0 Å². The largest absolute Gasteiger partial charge is 0.508 e. The maximum Gasteiger partial charge on any atom is 0.150 e. The van der Waals surface area contributed by atoms with Gasteiger partial charge >= 0.3 is 0 Å². The van der Waals surface area contributed by atoms with Crippen molar-refractivity contribution in [2.45, 2.75) is 70.2 Å². The summed E-state index contributed by atoms with van der Waals surface area (Å²) < 4.78 is 29.9. The van der Waals surface area contributed by atoms with Crippen molar-refractivity contribution in [2.75, 3.05) is 19.7 Å². The second-order valence-electron chi connectivity index (χ2n) is 12.2. The number of phenolic OH excluding ortho intramolecular Hbond substituents is 2. The quantitative estimate of drug-likeness (QED) is 0.309. The first-order valence-corrected chi connectivity index (χ1v) is 15.0. The molecule has 0 spiro atoms. The lowest BCUT2D eigenvalue weighted by Gasteiger charge is -2.40. The number of hydrogen-bond acceptors (Lipinski definition) is 5. The maximum atomic E-state index is 17.1. The number of benzene rings is 3. The number of phenols is 2. The molecule has 6 rings (SSSR count). The topological polar surface area (TPSA) is 62.2 Å². The summed E-state index contributed by atoms with van der Waals surface area (Å²) in [4.78, 5) is 2.48. The minimum absolute atomic E-state index is 0.0667. The molecule has 5 nitrogen and oxygen atoms in total. The fraction of sp³-hybridized carbons (Fsp3) is 0.429. The van der Waals surface area contributed by atoms with Crippen LogP contribution in [0.5, 0.6) is 23.0 Å². The molecule has 2 fully saturated rings. The second kappa shape index (κ2) is 11.4. The number of allylic oxidation sites excluding steroid dienone is 1. The molecule has 0 radical (unpaired) electrons. The van der Waals surface area contributed by atoms with Crippen LogP contribution in [0.25, 0.3) is 11.1 Å². The van der Waals surface area contributed by atoms with Gasteiger partial charge < -0.3 is 19.7 Å². The van der Waals surface area contributed by atoms with Gasteiger partial charge in [-0.2, -0.15) is 0 Å². The smallest absolute Gasteiger partial charge is 0.150 e. The minimum atomic E-state index is -1.57. The van der Waals surface area contributed by atoms with Crippen LogP contribution >= 0.6 is 0 Å². The summed E-state index contributed by atoms with van der Waals surface area (Å²) in [7, 11) is 0. The Labute approximate surface area is 242 Å². The van der Waals surface area contributed by atoms with E-state index in [0.717, 1.165) is 49.6 Å². The highest BCUT2D eigenvalue weighted by Gasteiger charge is 2.44. The summed E-state index contributed by atoms with van der Waals surface area (Å²) in [6, 6.07) is 20.1. The Morgan fingerprint density at radius 2 is 1.76 bits per heavy atom. The van der Waals surface area contributed by atoms with E-state index in [4.69, 9.17) is 9.47 Å². The third-order valence-electron chi connectivity index (χ3n) is 9.01. The molecule has 1 saturated carbocycles. The molecule has 41 heavy (non-hydrogen) atoms. The highest BCUT2D eigenvalue weighted by Crippen LogP contribution is 2.55. The van der Waals surface area contributed by atoms with Crippen molar-refractivity contribution < 1.29 is 24.1 Å². The number of ether oxygens (including phenoxy) is 2. The van der Waals surface area contributed by atoms with Gasteiger partial charge in [0.15, 0.2) is 0 Å². The number of alkyl halides is 1. The number of likely N-dealkylation sites (tertiary alicyclic amines) is 1. The van der Waals surface area contributed by atoms with Crippen molar-refractivity contribution in [3.05, 3.63) is 83.4 Å². The summed E-state index contributed by atoms with van der Waals surface area (Å²) in [6.07, 6.45) is 4.06. The zero-order valence-electron chi connectivity index (χ0n) is 24.0. The molecule has 3 atom stereocenters. The van der Waals surface area contributed by atoms with Gasteiger partial charge in [0.1, 0.15) is 41.4 Å². The SMILES string of the molecule is CC1CCN(C(C)COc2ccc(C3Oc4ccc(O)cc4C(C4(F)CCCCC4)=C3c3cccc(O)c3)cc2)C1. The fourth-order valence-electron chi connectivity index (χ4n) is 6.76. The number of rotatable bonds is 7. The molecule has 6 heteroatoms. The third kappa shape index (κ3) is 5.67. The molecule has 0 amide bonds. The first-order valence-electron chi connectivity index (χ1n) is 15.0. The number of nitrogens with zero attached hydrogens (tertiary/aromatic N) is 1. The predicted octanol–water partition coefficient (Wildman–Crippen LogP) is 7.92. The van der Waals surface area contributed by atoms with Crippen LogP contribution in [0.3, 0.4) is 0 Å². The number of aromatic hydroxyl groups is 2. The standard InChI is InChI=1S/C35H40FNO4/c1-23-15-18-37(21-23)24(2)22-40-29-12-9-25(10-13-29)34-32(26-7-6-8-27(38)19-26)33(35(36)16-4-3-5-17-35)30-20-28(39)11-14-31(30)41-34/h6-14,19-20,23-24,34,38-39H,3-5,15-18,21-22H2,1-2H3. The molecule has 3 unspecified atom stereocenters. The van der Waals surface area contributed by atoms with Crippen LogP contribution in [0.2, 0.25) is 0 Å². The van der Waals surface area contributed by atoms with E-state index in [1.807, 2.05) is 30.3 Å². The molecule has 2 heterocycles. The molecule has 3 aromatic carbocycles. The van der Waals surface area contributed by atoms with E-state index >= 15 is 4.39 Å². The van der Waals surface area contributed by atoms with Crippen LogP contribution < -0.4 is 9.47 Å². The Bertz CT molecular complexity index is 1410. The second-order valence-corrected chi connectivity index (χ2v) is 12.2. The molecule has 3 aromatic rings. The van der Waals surface area contributed by atoms with Gasteiger partial charge in [-0.15, -0.1) is 0 Å². The molecular formula is C35H40FNO4. The van der Waals surface area contributed by atoms with E-state index in [1.54, 1.807) is 36.4 Å². The van der Waals surface area contributed by atoms with Crippen LogP contribution in [0.1, 0.15) is 75.2 Å². The van der Waals surface area contributed by atoms with E-state index < -0.39 is 11.8 Å². The molecule has 1 saturated heterocycles. The Morgan fingerprint density at radius 1 is 1.00 bits per heavy atom. The number of fused-ring (bicyclic) bond motifs is 1. The zero-order chi connectivity index (χ0) is 28.6. The van der Waals surface area contributed by atoms with Crippen molar-refractivity contribution in [3.63, 3.8) is 0 Å². The third-order valence-corrected chi connectivity index (χ3v) is 9.01. The van der Waals surface area contributed by atoms with E-state index in [0.29, 0.717) is 53.5 Å². The van der Waals surface area contributed by atoms with E-state index in [9.17, 15) is 10.2 Å². The van der Waals surface area contributed by atoms with Gasteiger partial charge in [0, 0.05) is 29.3 Å². The molecule has 1 aliphatic carbocycles. The molecule has 2 aliphatic heterocycles. The van der Waals surface area contributed by atoms with Gasteiger partial charge in [-0.25, -0.2) is 4.39 Å². The average molecular weight is 558 g/mol. The maximum absolute atomic E-state index is 17.1. The van der Waals surface area contributed by atoms with Crippen molar-refractivity contribution >= 4 is 11.1 Å². The Hall–Kier alpha value is -3.51. The highest BCUT2D eigenvalue weighted by molar-refractivity contribution is 5.99. The van der Waals surface area contributed by atoms with Crippen LogP contribution in [0, 0.1) is 5.92 Å². The first-order chi connectivity index (χ1) is 19.8.